The Balaban J connectivity index is 1.21. The van der Waals surface area contributed by atoms with Gasteiger partial charge in [-0.15, -0.1) is 0 Å². The van der Waals surface area contributed by atoms with Gasteiger partial charge in [0.1, 0.15) is 11.3 Å². The quantitative estimate of drug-likeness (QED) is 0.474. The maximum atomic E-state index is 13.4. The highest BCUT2D eigenvalue weighted by atomic mass is 35.5. The maximum absolute atomic E-state index is 13.4. The van der Waals surface area contributed by atoms with Gasteiger partial charge in [0.05, 0.1) is 11.1 Å². The molecule has 1 aromatic heterocycles. The highest BCUT2D eigenvalue weighted by Crippen LogP contribution is 2.45. The molecule has 3 fully saturated rings. The molecule has 0 spiro atoms. The molecule has 6 rings (SSSR count). The first-order valence-corrected chi connectivity index (χ1v) is 13.0. The predicted octanol–water partition coefficient (Wildman–Crippen LogP) is 4.56. The van der Waals surface area contributed by atoms with Crippen LogP contribution in [0.5, 0.6) is 5.75 Å². The normalized spacial score (nSPS) is 28.8. The molecule has 0 N–H and O–H groups in total. The maximum Gasteiger partial charge on any atom is 0.336 e. The van der Waals surface area contributed by atoms with Crippen LogP contribution in [0.4, 0.5) is 0 Å². The third-order valence-electron chi connectivity index (χ3n) is 8.33. The molecular formula is C27H31ClN2O4. The minimum absolute atomic E-state index is 0.00308. The average molecular weight is 483 g/mol. The van der Waals surface area contributed by atoms with Crippen LogP contribution in [-0.4, -0.2) is 54.0 Å². The predicted molar refractivity (Wildman–Crippen MR) is 131 cm³/mol. The van der Waals surface area contributed by atoms with Crippen LogP contribution < -0.4 is 10.4 Å². The molecule has 2 aromatic rings. The van der Waals surface area contributed by atoms with E-state index in [-0.39, 0.29) is 18.6 Å². The van der Waals surface area contributed by atoms with E-state index < -0.39 is 5.63 Å². The highest BCUT2D eigenvalue weighted by Gasteiger charge is 2.46. The second-order valence-electron chi connectivity index (χ2n) is 10.4. The van der Waals surface area contributed by atoms with Gasteiger partial charge >= 0.3 is 5.63 Å². The van der Waals surface area contributed by atoms with Crippen LogP contribution in [0.3, 0.4) is 0 Å². The van der Waals surface area contributed by atoms with Crippen molar-refractivity contribution in [2.24, 2.45) is 11.8 Å². The summed E-state index contributed by atoms with van der Waals surface area (Å²) in [6, 6.07) is 5.68. The fourth-order valence-corrected chi connectivity index (χ4v) is 7.12. The van der Waals surface area contributed by atoms with Gasteiger partial charge in [0.15, 0.2) is 6.61 Å². The number of fused-ring (bicyclic) bond motifs is 7. The third kappa shape index (κ3) is 3.85. The molecule has 4 heterocycles. The SMILES string of the molecule is Cc1cc(=O)oc2cc(OCC(=O)N3CCCC4=C[C@@H]5C[C@@H](CN6CCCCC56)C43)c(Cl)cc12. The Morgan fingerprint density at radius 1 is 1.21 bits per heavy atom. The number of aryl methyl sites for hydroxylation is 1. The molecule has 1 aliphatic carbocycles. The number of amides is 1. The van der Waals surface area contributed by atoms with Gasteiger partial charge in [-0.2, -0.15) is 0 Å². The zero-order chi connectivity index (χ0) is 23.4. The Morgan fingerprint density at radius 3 is 2.97 bits per heavy atom. The molecule has 1 aromatic carbocycles. The summed E-state index contributed by atoms with van der Waals surface area (Å²) in [6.07, 6.45) is 9.77. The summed E-state index contributed by atoms with van der Waals surface area (Å²) < 4.78 is 11.2. The van der Waals surface area contributed by atoms with Crippen LogP contribution in [-0.2, 0) is 4.79 Å². The molecule has 7 heteroatoms. The monoisotopic (exact) mass is 482 g/mol. The number of ether oxygens (including phenoxy) is 1. The van der Waals surface area contributed by atoms with Crippen LogP contribution in [0.25, 0.3) is 11.0 Å². The molecule has 1 amide bonds. The number of likely N-dealkylation sites (tertiary alicyclic amines) is 1. The first kappa shape index (κ1) is 22.2. The molecule has 4 aliphatic rings. The number of carbonyl (C=O) groups is 1. The van der Waals surface area contributed by atoms with Crippen molar-refractivity contribution in [2.45, 2.75) is 57.5 Å². The standard InChI is InChI=1S/C27H31ClN2O4/c1-16-9-26(32)34-23-13-24(21(28)12-20(16)23)33-15-25(31)30-8-4-5-17-10-18-11-19(27(17)30)14-29-7-3-2-6-22(18)29/h9-10,12-13,18-19,22,27H,2-8,11,14-15H2,1H3/t18-,19+,22?,27?/m1/s1. The number of benzene rings is 1. The first-order valence-electron chi connectivity index (χ1n) is 12.6. The topological polar surface area (TPSA) is 63.0 Å². The van der Waals surface area contributed by atoms with Crippen molar-refractivity contribution in [1.29, 1.82) is 0 Å². The fraction of sp³-hybridized carbons (Fsp3) is 0.556. The molecule has 0 saturated carbocycles. The van der Waals surface area contributed by atoms with Crippen LogP contribution in [0, 0.1) is 18.8 Å². The molecule has 2 bridgehead atoms. The summed E-state index contributed by atoms with van der Waals surface area (Å²) >= 11 is 6.44. The van der Waals surface area contributed by atoms with Crippen molar-refractivity contribution in [2.75, 3.05) is 26.2 Å². The minimum Gasteiger partial charge on any atom is -0.482 e. The Kier molecular flexibility index (Phi) is 5.69. The zero-order valence-corrected chi connectivity index (χ0v) is 20.4. The number of hydrogen-bond acceptors (Lipinski definition) is 5. The second kappa shape index (κ2) is 8.72. The lowest BCUT2D eigenvalue weighted by molar-refractivity contribution is -0.138. The summed E-state index contributed by atoms with van der Waals surface area (Å²) in [4.78, 5) is 29.9. The number of piperidine rings is 3. The van der Waals surface area contributed by atoms with Crippen molar-refractivity contribution >= 4 is 28.5 Å². The Morgan fingerprint density at radius 2 is 2.09 bits per heavy atom. The zero-order valence-electron chi connectivity index (χ0n) is 19.6. The van der Waals surface area contributed by atoms with Crippen LogP contribution >= 0.6 is 11.6 Å². The van der Waals surface area contributed by atoms with Gasteiger partial charge < -0.3 is 14.1 Å². The third-order valence-corrected chi connectivity index (χ3v) is 8.63. The van der Waals surface area contributed by atoms with Crippen molar-refractivity contribution in [3.05, 3.63) is 50.9 Å². The number of rotatable bonds is 3. The molecule has 2 unspecified atom stereocenters. The van der Waals surface area contributed by atoms with Gasteiger partial charge in [-0.1, -0.05) is 29.7 Å². The van der Waals surface area contributed by atoms with E-state index in [0.717, 1.165) is 36.9 Å². The summed E-state index contributed by atoms with van der Waals surface area (Å²) in [5, 5.41) is 1.17. The van der Waals surface area contributed by atoms with Gasteiger partial charge in [-0.25, -0.2) is 4.79 Å². The molecule has 0 radical (unpaired) electrons. The highest BCUT2D eigenvalue weighted by molar-refractivity contribution is 6.32. The van der Waals surface area contributed by atoms with E-state index in [1.54, 1.807) is 12.1 Å². The van der Waals surface area contributed by atoms with E-state index in [9.17, 15) is 9.59 Å². The van der Waals surface area contributed by atoms with Crippen LogP contribution in [0.2, 0.25) is 5.02 Å². The Labute approximate surface area is 204 Å². The lowest BCUT2D eigenvalue weighted by Gasteiger charge is -2.54. The van der Waals surface area contributed by atoms with Gasteiger partial charge in [-0.3, -0.25) is 9.69 Å². The lowest BCUT2D eigenvalue weighted by atomic mass is 9.68. The van der Waals surface area contributed by atoms with Gasteiger partial charge in [0.25, 0.3) is 5.91 Å². The summed E-state index contributed by atoms with van der Waals surface area (Å²) in [5.41, 5.74) is 2.26. The molecule has 3 saturated heterocycles. The molecule has 6 nitrogen and oxygen atoms in total. The Hall–Kier alpha value is -2.31. The first-order chi connectivity index (χ1) is 16.5. The number of nitrogens with zero attached hydrogens (tertiary/aromatic N) is 2. The second-order valence-corrected chi connectivity index (χ2v) is 10.8. The summed E-state index contributed by atoms with van der Waals surface area (Å²) in [7, 11) is 0. The van der Waals surface area contributed by atoms with Crippen LogP contribution in [0.15, 0.2) is 39.1 Å². The van der Waals surface area contributed by atoms with Crippen molar-refractivity contribution < 1.29 is 13.9 Å². The number of hydrogen-bond donors (Lipinski definition) is 0. The van der Waals surface area contributed by atoms with Crippen molar-refractivity contribution in [3.63, 3.8) is 0 Å². The van der Waals surface area contributed by atoms with Crippen LogP contribution in [0.1, 0.15) is 44.1 Å². The van der Waals surface area contributed by atoms with E-state index in [2.05, 4.69) is 15.9 Å². The largest absolute Gasteiger partial charge is 0.482 e. The van der Waals surface area contributed by atoms with E-state index in [1.165, 1.54) is 43.9 Å². The van der Waals surface area contributed by atoms with E-state index in [1.807, 2.05) is 6.92 Å². The van der Waals surface area contributed by atoms with Crippen molar-refractivity contribution in [3.8, 4) is 5.75 Å². The summed E-state index contributed by atoms with van der Waals surface area (Å²) in [6.45, 7) is 4.83. The van der Waals surface area contributed by atoms with E-state index in [0.29, 0.717) is 34.2 Å². The summed E-state index contributed by atoms with van der Waals surface area (Å²) in [5.74, 6) is 1.51. The molecule has 34 heavy (non-hydrogen) atoms. The average Bonchev–Trinajstić information content (AvgIpc) is 2.83. The molecule has 180 valence electrons. The Bertz CT molecular complexity index is 1220. The number of carbonyl (C=O) groups excluding carboxylic acids is 1. The van der Waals surface area contributed by atoms with Gasteiger partial charge in [-0.05, 0) is 69.0 Å². The van der Waals surface area contributed by atoms with E-state index >= 15 is 0 Å². The van der Waals surface area contributed by atoms with E-state index in [4.69, 9.17) is 20.8 Å². The fourth-order valence-electron chi connectivity index (χ4n) is 6.91. The molecule has 4 atom stereocenters. The lowest BCUT2D eigenvalue weighted by Crippen LogP contribution is -2.60. The van der Waals surface area contributed by atoms with Gasteiger partial charge in [0, 0.05) is 36.7 Å². The number of halogens is 1. The molecule has 3 aliphatic heterocycles. The molecular weight excluding hydrogens is 452 g/mol. The smallest absolute Gasteiger partial charge is 0.336 e. The van der Waals surface area contributed by atoms with Crippen molar-refractivity contribution in [1.82, 2.24) is 9.80 Å². The minimum atomic E-state index is -0.416. The van der Waals surface area contributed by atoms with Gasteiger partial charge in [0.2, 0.25) is 0 Å².